The molecule has 0 amide bonds. The molecule has 8 heteroatoms. The molecule has 2 aromatic rings. The van der Waals surface area contributed by atoms with Gasteiger partial charge < -0.3 is 10.1 Å². The topological polar surface area (TPSA) is 81.9 Å². The Morgan fingerprint density at radius 2 is 2.48 bits per heavy atom. The predicted molar refractivity (Wildman–Crippen MR) is 78.1 cm³/mol. The van der Waals surface area contributed by atoms with Crippen LogP contribution in [0.25, 0.3) is 0 Å². The van der Waals surface area contributed by atoms with Crippen LogP contribution in [0.5, 0.6) is 0 Å². The van der Waals surface area contributed by atoms with Gasteiger partial charge in [-0.05, 0) is 19.8 Å². The first-order valence-corrected chi connectivity index (χ1v) is 7.73. The maximum absolute atomic E-state index is 11.9. The third kappa shape index (κ3) is 2.90. The second-order valence-corrected chi connectivity index (χ2v) is 5.94. The molecule has 21 heavy (non-hydrogen) atoms. The number of ether oxygens (including phenoxy) is 1. The summed E-state index contributed by atoms with van der Waals surface area (Å²) in [6, 6.07) is 0. The highest BCUT2D eigenvalue weighted by Crippen LogP contribution is 2.38. The number of nitrogens with zero attached hydrogens (tertiary/aromatic N) is 4. The molecule has 0 saturated heterocycles. The van der Waals surface area contributed by atoms with Crippen molar-refractivity contribution in [2.75, 3.05) is 11.9 Å². The number of thiazole rings is 1. The number of anilines is 1. The van der Waals surface area contributed by atoms with Gasteiger partial charge in [0.1, 0.15) is 12.2 Å². The highest BCUT2D eigenvalue weighted by molar-refractivity contribution is 7.15. The van der Waals surface area contributed by atoms with Gasteiger partial charge in [-0.3, -0.25) is 9.48 Å². The average Bonchev–Trinajstić information content (AvgIpc) is 3.11. The predicted octanol–water partition coefficient (Wildman–Crippen LogP) is 1.48. The van der Waals surface area contributed by atoms with Crippen LogP contribution in [-0.2, 0) is 29.5 Å². The molecule has 1 aliphatic rings. The molecule has 1 N–H and O–H groups in total. The minimum Gasteiger partial charge on any atom is -0.465 e. The normalized spacial score (nSPS) is 16.8. The standard InChI is InChI=1S/C13H17N5O2S/c1-3-20-12(19)8-4-5-9-11(8)16-13(21-9)14-6-10-15-7-18(2)17-10/h7-8H,3-6H2,1-2H3,(H,14,16). The number of carbonyl (C=O) groups is 1. The number of aryl methyl sites for hydroxylation is 2. The van der Waals surface area contributed by atoms with Crippen molar-refractivity contribution in [3.63, 3.8) is 0 Å². The van der Waals surface area contributed by atoms with Crippen LogP contribution in [0.4, 0.5) is 5.13 Å². The third-order valence-electron chi connectivity index (χ3n) is 3.33. The summed E-state index contributed by atoms with van der Waals surface area (Å²) in [5, 5.41) is 8.22. The van der Waals surface area contributed by atoms with E-state index in [1.165, 1.54) is 4.88 Å². The number of carbonyl (C=O) groups excluding carboxylic acids is 1. The van der Waals surface area contributed by atoms with Crippen LogP contribution < -0.4 is 5.32 Å². The summed E-state index contributed by atoms with van der Waals surface area (Å²) in [6.45, 7) is 2.75. The smallest absolute Gasteiger partial charge is 0.315 e. The molecule has 1 unspecified atom stereocenters. The van der Waals surface area contributed by atoms with Crippen LogP contribution in [0.15, 0.2) is 6.33 Å². The molecule has 0 spiro atoms. The molecule has 0 bridgehead atoms. The minimum absolute atomic E-state index is 0.167. The molecular weight excluding hydrogens is 290 g/mol. The summed E-state index contributed by atoms with van der Waals surface area (Å²) in [5.74, 6) is 0.342. The first kappa shape index (κ1) is 14.0. The Balaban J connectivity index is 1.67. The van der Waals surface area contributed by atoms with Gasteiger partial charge in [-0.1, -0.05) is 0 Å². The maximum Gasteiger partial charge on any atom is 0.315 e. The van der Waals surface area contributed by atoms with Gasteiger partial charge in [-0.15, -0.1) is 11.3 Å². The van der Waals surface area contributed by atoms with Gasteiger partial charge in [-0.2, -0.15) is 5.10 Å². The number of hydrogen-bond donors (Lipinski definition) is 1. The van der Waals surface area contributed by atoms with Gasteiger partial charge in [0.25, 0.3) is 0 Å². The van der Waals surface area contributed by atoms with Crippen molar-refractivity contribution >= 4 is 22.4 Å². The van der Waals surface area contributed by atoms with E-state index in [0.29, 0.717) is 13.2 Å². The molecular formula is C13H17N5O2S. The molecule has 2 aromatic heterocycles. The maximum atomic E-state index is 11.9. The highest BCUT2D eigenvalue weighted by Gasteiger charge is 2.33. The van der Waals surface area contributed by atoms with Gasteiger partial charge in [0, 0.05) is 11.9 Å². The number of rotatable bonds is 5. The lowest BCUT2D eigenvalue weighted by Gasteiger charge is -2.07. The number of hydrogen-bond acceptors (Lipinski definition) is 7. The highest BCUT2D eigenvalue weighted by atomic mass is 32.1. The second-order valence-electron chi connectivity index (χ2n) is 4.86. The molecule has 112 valence electrons. The lowest BCUT2D eigenvalue weighted by molar-refractivity contribution is -0.145. The molecule has 1 aliphatic carbocycles. The van der Waals surface area contributed by atoms with E-state index < -0.39 is 0 Å². The number of aromatic nitrogens is 4. The fourth-order valence-corrected chi connectivity index (χ4v) is 3.43. The van der Waals surface area contributed by atoms with Crippen LogP contribution >= 0.6 is 11.3 Å². The molecule has 7 nitrogen and oxygen atoms in total. The van der Waals surface area contributed by atoms with Crippen LogP contribution in [-0.4, -0.2) is 32.3 Å². The largest absolute Gasteiger partial charge is 0.465 e. The van der Waals surface area contributed by atoms with Crippen LogP contribution in [0, 0.1) is 0 Å². The van der Waals surface area contributed by atoms with E-state index in [9.17, 15) is 4.79 Å². The van der Waals surface area contributed by atoms with Crippen molar-refractivity contribution < 1.29 is 9.53 Å². The van der Waals surface area contributed by atoms with E-state index in [-0.39, 0.29) is 11.9 Å². The first-order chi connectivity index (χ1) is 10.2. The Labute approximate surface area is 126 Å². The number of nitrogens with one attached hydrogen (secondary N) is 1. The Morgan fingerprint density at radius 1 is 1.62 bits per heavy atom. The minimum atomic E-state index is -0.209. The number of fused-ring (bicyclic) bond motifs is 1. The Morgan fingerprint density at radius 3 is 3.19 bits per heavy atom. The summed E-state index contributed by atoms with van der Waals surface area (Å²) in [6.07, 6.45) is 3.35. The van der Waals surface area contributed by atoms with Gasteiger partial charge in [0.2, 0.25) is 0 Å². The van der Waals surface area contributed by atoms with Gasteiger partial charge >= 0.3 is 5.97 Å². The number of esters is 1. The van der Waals surface area contributed by atoms with Crippen molar-refractivity contribution in [3.05, 3.63) is 22.7 Å². The van der Waals surface area contributed by atoms with E-state index in [0.717, 1.165) is 29.5 Å². The molecule has 0 aromatic carbocycles. The van der Waals surface area contributed by atoms with Crippen molar-refractivity contribution in [3.8, 4) is 0 Å². The quantitative estimate of drug-likeness (QED) is 0.843. The van der Waals surface area contributed by atoms with E-state index in [1.54, 1.807) is 22.3 Å². The molecule has 0 fully saturated rings. The van der Waals surface area contributed by atoms with Crippen LogP contribution in [0.2, 0.25) is 0 Å². The monoisotopic (exact) mass is 307 g/mol. The van der Waals surface area contributed by atoms with Gasteiger partial charge in [-0.25, -0.2) is 9.97 Å². The summed E-state index contributed by atoms with van der Waals surface area (Å²) >= 11 is 1.59. The second kappa shape index (κ2) is 5.80. The summed E-state index contributed by atoms with van der Waals surface area (Å²) in [7, 11) is 1.83. The molecule has 0 aliphatic heterocycles. The van der Waals surface area contributed by atoms with Crippen molar-refractivity contribution in [2.24, 2.45) is 7.05 Å². The molecule has 0 saturated carbocycles. The van der Waals surface area contributed by atoms with Crippen LogP contribution in [0.1, 0.15) is 35.7 Å². The lowest BCUT2D eigenvalue weighted by atomic mass is 10.1. The van der Waals surface area contributed by atoms with E-state index in [4.69, 9.17) is 4.74 Å². The molecule has 2 heterocycles. The Kier molecular flexibility index (Phi) is 3.87. The zero-order chi connectivity index (χ0) is 14.8. The van der Waals surface area contributed by atoms with E-state index >= 15 is 0 Å². The Bertz CT molecular complexity index is 651. The van der Waals surface area contributed by atoms with Crippen molar-refractivity contribution in [1.29, 1.82) is 0 Å². The first-order valence-electron chi connectivity index (χ1n) is 6.92. The summed E-state index contributed by atoms with van der Waals surface area (Å²) in [5.41, 5.74) is 0.870. The third-order valence-corrected chi connectivity index (χ3v) is 4.42. The molecule has 3 rings (SSSR count). The summed E-state index contributed by atoms with van der Waals surface area (Å²) < 4.78 is 6.77. The Hall–Kier alpha value is -1.96. The van der Waals surface area contributed by atoms with E-state index in [1.807, 2.05) is 14.0 Å². The lowest BCUT2D eigenvalue weighted by Crippen LogP contribution is -2.14. The SMILES string of the molecule is CCOC(=O)C1CCc2sc(NCc3ncn(C)n3)nc21. The van der Waals surface area contributed by atoms with Crippen molar-refractivity contribution in [2.45, 2.75) is 32.2 Å². The zero-order valence-corrected chi connectivity index (χ0v) is 12.8. The summed E-state index contributed by atoms with van der Waals surface area (Å²) in [4.78, 5) is 21.8. The molecule has 0 radical (unpaired) electrons. The fourth-order valence-electron chi connectivity index (χ4n) is 2.39. The van der Waals surface area contributed by atoms with Crippen LogP contribution in [0.3, 0.4) is 0 Å². The van der Waals surface area contributed by atoms with Gasteiger partial charge in [0.05, 0.1) is 18.8 Å². The van der Waals surface area contributed by atoms with E-state index in [2.05, 4.69) is 20.4 Å². The van der Waals surface area contributed by atoms with Gasteiger partial charge in [0.15, 0.2) is 11.0 Å². The molecule has 1 atom stereocenters. The fraction of sp³-hybridized carbons (Fsp3) is 0.538. The average molecular weight is 307 g/mol. The van der Waals surface area contributed by atoms with Crippen molar-refractivity contribution in [1.82, 2.24) is 19.7 Å². The zero-order valence-electron chi connectivity index (χ0n) is 12.0.